The van der Waals surface area contributed by atoms with Gasteiger partial charge >= 0.3 is 10.1 Å². The van der Waals surface area contributed by atoms with Crippen LogP contribution in [-0.2, 0) is 21.3 Å². The van der Waals surface area contributed by atoms with Crippen molar-refractivity contribution in [2.24, 2.45) is 0 Å². The van der Waals surface area contributed by atoms with Crippen LogP contribution in [0.1, 0.15) is 12.0 Å². The number of nitrogens with one attached hydrogen (secondary N) is 1. The molecule has 0 atom stereocenters. The van der Waals surface area contributed by atoms with E-state index in [-0.39, 0.29) is 25.2 Å². The number of carbonyl (C=O) groups excluding carboxylic acids is 1. The monoisotopic (exact) mass is 377 g/mol. The smallest absolute Gasteiger partial charge is 0.341 e. The minimum Gasteiger partial charge on any atom is -0.379 e. The SMILES string of the molecule is O=C1CCc2cc(OS(=O)(=O)c3cc(Cl)sc3Cl)ccc2N1. The fourth-order valence-electron chi connectivity index (χ4n) is 2.08. The molecule has 2 heterocycles. The Morgan fingerprint density at radius 1 is 1.18 bits per heavy atom. The van der Waals surface area contributed by atoms with Crippen molar-refractivity contribution < 1.29 is 17.4 Å². The third-order valence-electron chi connectivity index (χ3n) is 3.07. The molecule has 0 aliphatic carbocycles. The highest BCUT2D eigenvalue weighted by atomic mass is 35.5. The Kier molecular flexibility index (Phi) is 4.07. The van der Waals surface area contributed by atoms with Gasteiger partial charge in [-0.2, -0.15) is 8.42 Å². The zero-order chi connectivity index (χ0) is 15.9. The van der Waals surface area contributed by atoms with E-state index in [2.05, 4.69) is 5.32 Å². The van der Waals surface area contributed by atoms with Crippen molar-refractivity contribution in [3.8, 4) is 5.75 Å². The molecule has 0 spiro atoms. The quantitative estimate of drug-likeness (QED) is 0.827. The summed E-state index contributed by atoms with van der Waals surface area (Å²) in [7, 11) is -4.05. The van der Waals surface area contributed by atoms with Crippen LogP contribution in [0, 0.1) is 0 Å². The number of amides is 1. The first-order valence-electron chi connectivity index (χ1n) is 6.17. The third-order valence-corrected chi connectivity index (χ3v) is 6.07. The summed E-state index contributed by atoms with van der Waals surface area (Å²) in [6.07, 6.45) is 0.888. The number of anilines is 1. The van der Waals surface area contributed by atoms with Gasteiger partial charge in [0.15, 0.2) is 0 Å². The van der Waals surface area contributed by atoms with E-state index in [0.29, 0.717) is 18.5 Å². The largest absolute Gasteiger partial charge is 0.379 e. The Hall–Kier alpha value is -1.28. The number of thiophene rings is 1. The van der Waals surface area contributed by atoms with Crippen LogP contribution in [-0.4, -0.2) is 14.3 Å². The summed E-state index contributed by atoms with van der Waals surface area (Å²) in [5.41, 5.74) is 1.49. The highest BCUT2D eigenvalue weighted by Crippen LogP contribution is 2.36. The first kappa shape index (κ1) is 15.6. The van der Waals surface area contributed by atoms with Gasteiger partial charge in [-0.3, -0.25) is 4.79 Å². The average molecular weight is 378 g/mol. The molecule has 1 aliphatic heterocycles. The Bertz CT molecular complexity index is 861. The molecular formula is C13H9Cl2NO4S2. The van der Waals surface area contributed by atoms with Gasteiger partial charge in [0, 0.05) is 12.1 Å². The van der Waals surface area contributed by atoms with Crippen LogP contribution in [0.4, 0.5) is 5.69 Å². The summed E-state index contributed by atoms with van der Waals surface area (Å²) in [6, 6.07) is 5.93. The molecule has 1 aromatic carbocycles. The number of benzene rings is 1. The average Bonchev–Trinajstić information content (AvgIpc) is 2.78. The minimum atomic E-state index is -4.05. The molecule has 0 saturated heterocycles. The van der Waals surface area contributed by atoms with E-state index in [9.17, 15) is 13.2 Å². The number of hydrogen-bond acceptors (Lipinski definition) is 5. The Balaban J connectivity index is 1.90. The lowest BCUT2D eigenvalue weighted by Gasteiger charge is -2.17. The fraction of sp³-hybridized carbons (Fsp3) is 0.154. The molecule has 2 aromatic rings. The number of rotatable bonds is 3. The van der Waals surface area contributed by atoms with Gasteiger partial charge in [0.2, 0.25) is 5.91 Å². The molecular weight excluding hydrogens is 369 g/mol. The van der Waals surface area contributed by atoms with E-state index in [1.165, 1.54) is 12.1 Å². The van der Waals surface area contributed by atoms with Crippen LogP contribution in [0.25, 0.3) is 0 Å². The second-order valence-electron chi connectivity index (χ2n) is 4.59. The molecule has 5 nitrogen and oxygen atoms in total. The van der Waals surface area contributed by atoms with Gasteiger partial charge < -0.3 is 9.50 Å². The number of hydrogen-bond donors (Lipinski definition) is 1. The minimum absolute atomic E-state index is 0.0511. The molecule has 0 radical (unpaired) electrons. The van der Waals surface area contributed by atoms with Crippen molar-refractivity contribution in [1.82, 2.24) is 0 Å². The molecule has 3 rings (SSSR count). The van der Waals surface area contributed by atoms with Gasteiger partial charge in [0.25, 0.3) is 0 Å². The van der Waals surface area contributed by atoms with Gasteiger partial charge in [-0.25, -0.2) is 0 Å². The van der Waals surface area contributed by atoms with Crippen LogP contribution >= 0.6 is 34.5 Å². The van der Waals surface area contributed by atoms with Crippen molar-refractivity contribution in [3.63, 3.8) is 0 Å². The highest BCUT2D eigenvalue weighted by molar-refractivity contribution is 7.87. The summed E-state index contributed by atoms with van der Waals surface area (Å²) in [4.78, 5) is 11.1. The number of aryl methyl sites for hydroxylation is 1. The van der Waals surface area contributed by atoms with Gasteiger partial charge in [-0.1, -0.05) is 23.2 Å². The van der Waals surface area contributed by atoms with Crippen LogP contribution < -0.4 is 9.50 Å². The molecule has 1 aliphatic rings. The van der Waals surface area contributed by atoms with E-state index in [4.69, 9.17) is 27.4 Å². The van der Waals surface area contributed by atoms with E-state index in [0.717, 1.165) is 16.9 Å². The molecule has 116 valence electrons. The maximum atomic E-state index is 12.2. The van der Waals surface area contributed by atoms with Crippen LogP contribution in [0.3, 0.4) is 0 Å². The molecule has 0 unspecified atom stereocenters. The summed E-state index contributed by atoms with van der Waals surface area (Å²) in [5.74, 6) is 0.0989. The van der Waals surface area contributed by atoms with Gasteiger partial charge in [-0.05, 0) is 36.2 Å². The van der Waals surface area contributed by atoms with E-state index in [1.807, 2.05) is 0 Å². The normalized spacial score (nSPS) is 14.4. The molecule has 1 aromatic heterocycles. The highest BCUT2D eigenvalue weighted by Gasteiger charge is 2.24. The zero-order valence-corrected chi connectivity index (χ0v) is 14.1. The van der Waals surface area contributed by atoms with Crippen LogP contribution in [0.2, 0.25) is 8.67 Å². The molecule has 0 bridgehead atoms. The summed E-state index contributed by atoms with van der Waals surface area (Å²) >= 11 is 12.6. The maximum absolute atomic E-state index is 12.2. The summed E-state index contributed by atoms with van der Waals surface area (Å²) < 4.78 is 29.9. The second kappa shape index (κ2) is 5.73. The van der Waals surface area contributed by atoms with E-state index in [1.54, 1.807) is 12.1 Å². The number of carbonyl (C=O) groups is 1. The lowest BCUT2D eigenvalue weighted by molar-refractivity contribution is -0.116. The lowest BCUT2D eigenvalue weighted by atomic mass is 10.0. The first-order valence-corrected chi connectivity index (χ1v) is 9.15. The molecule has 1 N–H and O–H groups in total. The third kappa shape index (κ3) is 3.08. The van der Waals surface area contributed by atoms with Crippen molar-refractivity contribution in [1.29, 1.82) is 0 Å². The molecule has 1 amide bonds. The predicted octanol–water partition coefficient (Wildman–Crippen LogP) is 3.71. The summed E-state index contributed by atoms with van der Waals surface area (Å²) in [5, 5.41) is 2.71. The Morgan fingerprint density at radius 3 is 2.64 bits per heavy atom. The molecule has 0 saturated carbocycles. The van der Waals surface area contributed by atoms with Gasteiger partial charge in [0.05, 0.1) is 4.34 Å². The van der Waals surface area contributed by atoms with Crippen molar-refractivity contribution in [2.75, 3.05) is 5.32 Å². The van der Waals surface area contributed by atoms with Crippen molar-refractivity contribution in [3.05, 3.63) is 38.5 Å². The Morgan fingerprint density at radius 2 is 1.95 bits per heavy atom. The molecule has 22 heavy (non-hydrogen) atoms. The van der Waals surface area contributed by atoms with Crippen LogP contribution in [0.5, 0.6) is 5.75 Å². The molecule has 0 fully saturated rings. The maximum Gasteiger partial charge on any atom is 0.341 e. The van der Waals surface area contributed by atoms with Crippen molar-refractivity contribution >= 4 is 56.3 Å². The molecule has 9 heteroatoms. The van der Waals surface area contributed by atoms with E-state index < -0.39 is 10.1 Å². The predicted molar refractivity (Wildman–Crippen MR) is 85.5 cm³/mol. The number of fused-ring (bicyclic) bond motifs is 1. The number of halogens is 2. The van der Waals surface area contributed by atoms with Gasteiger partial charge in [0.1, 0.15) is 15.0 Å². The van der Waals surface area contributed by atoms with E-state index >= 15 is 0 Å². The summed E-state index contributed by atoms with van der Waals surface area (Å²) in [6.45, 7) is 0. The lowest BCUT2D eigenvalue weighted by Crippen LogP contribution is -2.19. The van der Waals surface area contributed by atoms with Crippen LogP contribution in [0.15, 0.2) is 29.2 Å². The van der Waals surface area contributed by atoms with Gasteiger partial charge in [-0.15, -0.1) is 11.3 Å². The first-order chi connectivity index (χ1) is 10.3. The zero-order valence-electron chi connectivity index (χ0n) is 10.9. The fourth-order valence-corrected chi connectivity index (χ4v) is 5.11. The standard InChI is InChI=1S/C13H9Cl2NO4S2/c14-11-6-10(13(15)21-11)22(18,19)20-8-2-3-9-7(5-8)1-4-12(17)16-9/h2-3,5-6H,1,4H2,(H,16,17). The Labute approximate surface area is 140 Å². The van der Waals surface area contributed by atoms with Crippen molar-refractivity contribution in [2.45, 2.75) is 17.7 Å². The topological polar surface area (TPSA) is 72.5 Å². The second-order valence-corrected chi connectivity index (χ2v) is 8.39.